The van der Waals surface area contributed by atoms with Crippen LogP contribution >= 0.6 is 34.8 Å². The molecule has 0 saturated heterocycles. The third-order valence-electron chi connectivity index (χ3n) is 4.52. The Morgan fingerprint density at radius 1 is 1.04 bits per heavy atom. The molecule has 0 aliphatic heterocycles. The van der Waals surface area contributed by atoms with Crippen molar-refractivity contribution in [2.45, 2.75) is 19.3 Å². The van der Waals surface area contributed by atoms with Crippen LogP contribution in [0.4, 0.5) is 0 Å². The lowest BCUT2D eigenvalue weighted by Crippen LogP contribution is -2.04. The minimum Gasteiger partial charge on any atom is -0.476 e. The molecule has 0 saturated carbocycles. The molecule has 0 atom stereocenters. The topological polar surface area (TPSA) is 55.1 Å². The summed E-state index contributed by atoms with van der Waals surface area (Å²) < 4.78 is 1.61. The molecule has 1 aliphatic rings. The van der Waals surface area contributed by atoms with Crippen molar-refractivity contribution in [3.63, 3.8) is 0 Å². The Morgan fingerprint density at radius 2 is 1.77 bits per heavy atom. The minimum absolute atomic E-state index is 0.0498. The van der Waals surface area contributed by atoms with Gasteiger partial charge >= 0.3 is 5.97 Å². The summed E-state index contributed by atoms with van der Waals surface area (Å²) in [6.07, 6.45) is 2.26. The van der Waals surface area contributed by atoms with Gasteiger partial charge in [-0.05, 0) is 55.2 Å². The highest BCUT2D eigenvalue weighted by molar-refractivity contribution is 6.35. The molecule has 2 aromatic carbocycles. The number of aryl methyl sites for hydroxylation is 1. The first-order valence-electron chi connectivity index (χ1n) is 8.05. The molecular formula is C19H13Cl3N2O2. The third-order valence-corrected chi connectivity index (χ3v) is 5.29. The Balaban J connectivity index is 2.06. The molecule has 0 unspecified atom stereocenters. The molecule has 4 rings (SSSR count). The van der Waals surface area contributed by atoms with E-state index >= 15 is 0 Å². The predicted molar refractivity (Wildman–Crippen MR) is 103 cm³/mol. The summed E-state index contributed by atoms with van der Waals surface area (Å²) in [6, 6.07) is 10.7. The summed E-state index contributed by atoms with van der Waals surface area (Å²) in [5.74, 6) is -1.05. The Kier molecular flexibility index (Phi) is 4.43. The van der Waals surface area contributed by atoms with Crippen molar-refractivity contribution in [3.05, 3.63) is 68.3 Å². The molecule has 1 heterocycles. The summed E-state index contributed by atoms with van der Waals surface area (Å²) in [4.78, 5) is 11.8. The average Bonchev–Trinajstić information content (AvgIpc) is 2.85. The first-order valence-corrected chi connectivity index (χ1v) is 9.18. The molecule has 0 amide bonds. The molecule has 26 heavy (non-hydrogen) atoms. The first kappa shape index (κ1) is 17.4. The average molecular weight is 408 g/mol. The van der Waals surface area contributed by atoms with E-state index in [1.807, 2.05) is 12.1 Å². The van der Waals surface area contributed by atoms with Gasteiger partial charge in [-0.25, -0.2) is 9.48 Å². The fraction of sp³-hybridized carbons (Fsp3) is 0.158. The predicted octanol–water partition coefficient (Wildman–Crippen LogP) is 5.69. The maximum absolute atomic E-state index is 11.8. The molecule has 1 aromatic heterocycles. The molecule has 0 bridgehead atoms. The maximum Gasteiger partial charge on any atom is 0.356 e. The van der Waals surface area contributed by atoms with Crippen LogP contribution in [0.15, 0.2) is 36.4 Å². The number of carboxylic acids is 1. The van der Waals surface area contributed by atoms with E-state index in [1.54, 1.807) is 28.9 Å². The molecule has 3 aromatic rings. The van der Waals surface area contributed by atoms with Gasteiger partial charge in [0.25, 0.3) is 0 Å². The summed E-state index contributed by atoms with van der Waals surface area (Å²) in [7, 11) is 0. The monoisotopic (exact) mass is 406 g/mol. The van der Waals surface area contributed by atoms with Crippen molar-refractivity contribution in [2.24, 2.45) is 0 Å². The van der Waals surface area contributed by atoms with E-state index in [0.717, 1.165) is 29.7 Å². The molecule has 4 nitrogen and oxygen atoms in total. The fourth-order valence-electron chi connectivity index (χ4n) is 3.42. The number of halogens is 3. The van der Waals surface area contributed by atoms with E-state index in [2.05, 4.69) is 5.10 Å². The van der Waals surface area contributed by atoms with Gasteiger partial charge in [-0.2, -0.15) is 5.10 Å². The number of carboxylic acid groups (broad SMARTS) is 1. The van der Waals surface area contributed by atoms with E-state index in [1.165, 1.54) is 0 Å². The summed E-state index contributed by atoms with van der Waals surface area (Å²) in [5.41, 5.74) is 4.09. The number of rotatable bonds is 2. The van der Waals surface area contributed by atoms with Crippen molar-refractivity contribution in [2.75, 3.05) is 0 Å². The summed E-state index contributed by atoms with van der Waals surface area (Å²) in [6.45, 7) is 0. The number of carbonyl (C=O) groups is 1. The number of nitrogens with zero attached hydrogens (tertiary/aromatic N) is 2. The summed E-state index contributed by atoms with van der Waals surface area (Å²) in [5, 5.41) is 15.6. The normalized spacial score (nSPS) is 13.0. The van der Waals surface area contributed by atoms with Crippen LogP contribution in [-0.2, 0) is 12.8 Å². The Labute approximate surface area is 164 Å². The number of hydrogen-bond acceptors (Lipinski definition) is 2. The van der Waals surface area contributed by atoms with Crippen LogP contribution in [0.3, 0.4) is 0 Å². The molecule has 132 valence electrons. The van der Waals surface area contributed by atoms with Gasteiger partial charge < -0.3 is 5.11 Å². The van der Waals surface area contributed by atoms with Crippen molar-refractivity contribution in [3.8, 4) is 16.9 Å². The number of benzene rings is 2. The summed E-state index contributed by atoms with van der Waals surface area (Å²) >= 11 is 18.5. The van der Waals surface area contributed by atoms with Gasteiger partial charge in [0, 0.05) is 21.2 Å². The van der Waals surface area contributed by atoms with Gasteiger partial charge in [0.1, 0.15) is 0 Å². The second kappa shape index (κ2) is 6.62. The van der Waals surface area contributed by atoms with Gasteiger partial charge in [-0.1, -0.05) is 40.9 Å². The highest BCUT2D eigenvalue weighted by atomic mass is 35.5. The maximum atomic E-state index is 11.8. The number of fused-ring (bicyclic) bond motifs is 3. The standard InChI is InChI=1S/C19H13Cl3N2O2/c20-11-4-6-13-10(8-11)2-1-3-14-17(19(25)26)23-24(18(13)14)16-7-5-12(21)9-15(16)22/h4-9H,1-3H2,(H,25,26). The zero-order chi connectivity index (χ0) is 18.4. The van der Waals surface area contributed by atoms with E-state index in [-0.39, 0.29) is 5.69 Å². The van der Waals surface area contributed by atoms with Crippen LogP contribution in [0.1, 0.15) is 28.0 Å². The zero-order valence-electron chi connectivity index (χ0n) is 13.5. The Bertz CT molecular complexity index is 1040. The van der Waals surface area contributed by atoms with Gasteiger partial charge in [-0.15, -0.1) is 0 Å². The highest BCUT2D eigenvalue weighted by Gasteiger charge is 2.28. The van der Waals surface area contributed by atoms with Crippen LogP contribution in [0, 0.1) is 0 Å². The van der Waals surface area contributed by atoms with Crippen molar-refractivity contribution >= 4 is 40.8 Å². The van der Waals surface area contributed by atoms with Crippen LogP contribution < -0.4 is 0 Å². The SMILES string of the molecule is O=C(O)c1nn(-c2ccc(Cl)cc2Cl)c2c1CCCc1cc(Cl)ccc1-2. The smallest absolute Gasteiger partial charge is 0.356 e. The first-order chi connectivity index (χ1) is 12.5. The van der Waals surface area contributed by atoms with Gasteiger partial charge in [0.2, 0.25) is 0 Å². The van der Waals surface area contributed by atoms with Crippen molar-refractivity contribution < 1.29 is 9.90 Å². The molecular weight excluding hydrogens is 395 g/mol. The lowest BCUT2D eigenvalue weighted by molar-refractivity contribution is 0.0688. The number of hydrogen-bond donors (Lipinski definition) is 1. The molecule has 0 spiro atoms. The molecule has 7 heteroatoms. The molecule has 1 N–H and O–H groups in total. The fourth-order valence-corrected chi connectivity index (χ4v) is 4.10. The Morgan fingerprint density at radius 3 is 2.50 bits per heavy atom. The van der Waals surface area contributed by atoms with Crippen LogP contribution in [0.25, 0.3) is 16.9 Å². The van der Waals surface area contributed by atoms with E-state index in [4.69, 9.17) is 34.8 Å². The second-order valence-electron chi connectivity index (χ2n) is 6.14. The molecule has 0 radical (unpaired) electrons. The highest BCUT2D eigenvalue weighted by Crippen LogP contribution is 2.38. The lowest BCUT2D eigenvalue weighted by Gasteiger charge is -2.13. The van der Waals surface area contributed by atoms with Gasteiger partial charge in [-0.3, -0.25) is 0 Å². The van der Waals surface area contributed by atoms with Crippen molar-refractivity contribution in [1.82, 2.24) is 9.78 Å². The number of aromatic carboxylic acids is 1. The van der Waals surface area contributed by atoms with Crippen molar-refractivity contribution in [1.29, 1.82) is 0 Å². The molecule has 0 fully saturated rings. The van der Waals surface area contributed by atoms with Gasteiger partial charge in [0.15, 0.2) is 5.69 Å². The van der Waals surface area contributed by atoms with E-state index in [0.29, 0.717) is 32.7 Å². The van der Waals surface area contributed by atoms with Crippen LogP contribution in [-0.4, -0.2) is 20.9 Å². The Hall–Kier alpha value is -2.01. The lowest BCUT2D eigenvalue weighted by atomic mass is 10.0. The van der Waals surface area contributed by atoms with Crippen LogP contribution in [0.2, 0.25) is 15.1 Å². The third kappa shape index (κ3) is 2.88. The van der Waals surface area contributed by atoms with Crippen LogP contribution in [0.5, 0.6) is 0 Å². The molecule has 1 aliphatic carbocycles. The van der Waals surface area contributed by atoms with E-state index < -0.39 is 5.97 Å². The van der Waals surface area contributed by atoms with E-state index in [9.17, 15) is 9.90 Å². The zero-order valence-corrected chi connectivity index (χ0v) is 15.7. The second-order valence-corrected chi connectivity index (χ2v) is 7.42. The van der Waals surface area contributed by atoms with Gasteiger partial charge in [0.05, 0.1) is 16.4 Å². The largest absolute Gasteiger partial charge is 0.476 e. The quantitative estimate of drug-likeness (QED) is 0.594. The minimum atomic E-state index is -1.05. The number of aromatic nitrogens is 2.